The zero-order valence-corrected chi connectivity index (χ0v) is 6.75. The van der Waals surface area contributed by atoms with E-state index in [9.17, 15) is 4.79 Å². The minimum Gasteiger partial charge on any atom is -0.451 e. The van der Waals surface area contributed by atoms with Crippen molar-refractivity contribution in [1.82, 2.24) is 5.06 Å². The number of hydrogen-bond donors (Lipinski definition) is 0. The third kappa shape index (κ3) is 2.23. The first kappa shape index (κ1) is 9.23. The third-order valence-corrected chi connectivity index (χ3v) is 1.02. The van der Waals surface area contributed by atoms with Crippen molar-refractivity contribution >= 4 is 6.09 Å². The highest BCUT2D eigenvalue weighted by molar-refractivity contribution is 5.66. The number of hydrogen-bond acceptors (Lipinski definition) is 3. The van der Waals surface area contributed by atoms with Crippen molar-refractivity contribution < 1.29 is 14.4 Å². The van der Waals surface area contributed by atoms with Crippen molar-refractivity contribution in [3.8, 4) is 0 Å². The van der Waals surface area contributed by atoms with Crippen LogP contribution in [0.5, 0.6) is 0 Å². The van der Waals surface area contributed by atoms with Crippen LogP contribution >= 0.6 is 0 Å². The molecule has 4 nitrogen and oxygen atoms in total. The van der Waals surface area contributed by atoms with Crippen LogP contribution in [0.15, 0.2) is 0 Å². The SMILES string of the molecule is COC(=O)N(OC)C(C)C. The van der Waals surface area contributed by atoms with Gasteiger partial charge in [0.1, 0.15) is 0 Å². The van der Waals surface area contributed by atoms with E-state index in [0.717, 1.165) is 5.06 Å². The molecular weight excluding hydrogens is 134 g/mol. The molecule has 0 aromatic carbocycles. The quantitative estimate of drug-likeness (QED) is 0.547. The molecule has 1 amide bonds. The van der Waals surface area contributed by atoms with Gasteiger partial charge >= 0.3 is 6.09 Å². The molecular formula is C6H13NO3. The maximum atomic E-state index is 10.8. The van der Waals surface area contributed by atoms with Gasteiger partial charge in [-0.3, -0.25) is 4.84 Å². The Bertz CT molecular complexity index is 114. The van der Waals surface area contributed by atoms with Crippen molar-refractivity contribution in [3.05, 3.63) is 0 Å². The maximum absolute atomic E-state index is 10.8. The van der Waals surface area contributed by atoms with Crippen molar-refractivity contribution in [3.63, 3.8) is 0 Å². The zero-order valence-electron chi connectivity index (χ0n) is 6.75. The fourth-order valence-electron chi connectivity index (χ4n) is 0.586. The zero-order chi connectivity index (χ0) is 8.15. The van der Waals surface area contributed by atoms with Gasteiger partial charge < -0.3 is 4.74 Å². The molecule has 0 atom stereocenters. The standard InChI is InChI=1S/C6H13NO3/c1-5(2)7(10-4)6(8)9-3/h5H,1-4H3. The normalized spacial score (nSPS) is 9.70. The molecule has 0 aliphatic carbocycles. The second-order valence-corrected chi connectivity index (χ2v) is 2.07. The number of hydroxylamine groups is 2. The predicted molar refractivity (Wildman–Crippen MR) is 36.4 cm³/mol. The van der Waals surface area contributed by atoms with Gasteiger partial charge in [0.05, 0.1) is 20.3 Å². The second kappa shape index (κ2) is 4.11. The van der Waals surface area contributed by atoms with E-state index >= 15 is 0 Å². The van der Waals surface area contributed by atoms with Gasteiger partial charge in [-0.2, -0.15) is 5.06 Å². The fraction of sp³-hybridized carbons (Fsp3) is 0.833. The maximum Gasteiger partial charge on any atom is 0.433 e. The summed E-state index contributed by atoms with van der Waals surface area (Å²) >= 11 is 0. The summed E-state index contributed by atoms with van der Waals surface area (Å²) in [4.78, 5) is 15.5. The summed E-state index contributed by atoms with van der Waals surface area (Å²) in [6.07, 6.45) is -0.475. The highest BCUT2D eigenvalue weighted by atomic mass is 16.7. The molecule has 0 saturated carbocycles. The topological polar surface area (TPSA) is 38.8 Å². The Hall–Kier alpha value is -0.770. The first-order chi connectivity index (χ1) is 4.63. The summed E-state index contributed by atoms with van der Waals surface area (Å²) in [5, 5.41) is 1.15. The van der Waals surface area contributed by atoms with Crippen molar-refractivity contribution in [2.45, 2.75) is 19.9 Å². The van der Waals surface area contributed by atoms with Gasteiger partial charge in [0.2, 0.25) is 0 Å². The molecule has 0 N–H and O–H groups in total. The molecule has 0 heterocycles. The van der Waals surface area contributed by atoms with Crippen molar-refractivity contribution in [1.29, 1.82) is 0 Å². The van der Waals surface area contributed by atoms with Gasteiger partial charge in [0, 0.05) is 0 Å². The predicted octanol–water partition coefficient (Wildman–Crippen LogP) is 1.02. The molecule has 0 aliphatic rings. The second-order valence-electron chi connectivity index (χ2n) is 2.07. The molecule has 0 unspecified atom stereocenters. The molecule has 0 radical (unpaired) electrons. The van der Waals surface area contributed by atoms with Gasteiger partial charge in [0.25, 0.3) is 0 Å². The van der Waals surface area contributed by atoms with Crippen molar-refractivity contribution in [2.24, 2.45) is 0 Å². The van der Waals surface area contributed by atoms with Crippen LogP contribution in [0.25, 0.3) is 0 Å². The van der Waals surface area contributed by atoms with Crippen LogP contribution in [-0.2, 0) is 9.57 Å². The van der Waals surface area contributed by atoms with E-state index in [1.165, 1.54) is 14.2 Å². The first-order valence-corrected chi connectivity index (χ1v) is 3.04. The lowest BCUT2D eigenvalue weighted by molar-refractivity contribution is -0.126. The molecule has 0 spiro atoms. The van der Waals surface area contributed by atoms with Gasteiger partial charge in [-0.1, -0.05) is 0 Å². The molecule has 0 fully saturated rings. The lowest BCUT2D eigenvalue weighted by atomic mass is 10.4. The summed E-state index contributed by atoms with van der Waals surface area (Å²) in [5.41, 5.74) is 0. The molecule has 4 heteroatoms. The average Bonchev–Trinajstić information content (AvgIpc) is 1.88. The third-order valence-electron chi connectivity index (χ3n) is 1.02. The van der Waals surface area contributed by atoms with Crippen molar-refractivity contribution in [2.75, 3.05) is 14.2 Å². The fourth-order valence-corrected chi connectivity index (χ4v) is 0.586. The number of nitrogens with zero attached hydrogens (tertiary/aromatic N) is 1. The summed E-state index contributed by atoms with van der Waals surface area (Å²) in [7, 11) is 2.74. The Morgan fingerprint density at radius 3 is 2.00 bits per heavy atom. The smallest absolute Gasteiger partial charge is 0.433 e. The monoisotopic (exact) mass is 147 g/mol. The minimum absolute atomic E-state index is 0.00236. The van der Waals surface area contributed by atoms with Crippen LogP contribution < -0.4 is 0 Å². The minimum atomic E-state index is -0.475. The van der Waals surface area contributed by atoms with Crippen LogP contribution in [0.3, 0.4) is 0 Å². The lowest BCUT2D eigenvalue weighted by Crippen LogP contribution is -2.35. The molecule has 0 aliphatic heterocycles. The first-order valence-electron chi connectivity index (χ1n) is 3.04. The van der Waals surface area contributed by atoms with E-state index in [4.69, 9.17) is 4.84 Å². The van der Waals surface area contributed by atoms with Gasteiger partial charge in [-0.05, 0) is 13.8 Å². The van der Waals surface area contributed by atoms with E-state index in [1.807, 2.05) is 13.8 Å². The largest absolute Gasteiger partial charge is 0.451 e. The van der Waals surface area contributed by atoms with Gasteiger partial charge in [-0.15, -0.1) is 0 Å². The van der Waals surface area contributed by atoms with Gasteiger partial charge in [0.15, 0.2) is 0 Å². The number of carbonyl (C=O) groups is 1. The Kier molecular flexibility index (Phi) is 3.79. The summed E-state index contributed by atoms with van der Waals surface area (Å²) in [6.45, 7) is 3.67. The Balaban J connectivity index is 3.93. The van der Waals surface area contributed by atoms with Crippen LogP contribution in [0, 0.1) is 0 Å². The Morgan fingerprint density at radius 1 is 1.40 bits per heavy atom. The molecule has 0 rings (SSSR count). The van der Waals surface area contributed by atoms with E-state index < -0.39 is 6.09 Å². The molecule has 60 valence electrons. The Labute approximate surface area is 60.7 Å². The highest BCUT2D eigenvalue weighted by Crippen LogP contribution is 1.99. The van der Waals surface area contributed by atoms with E-state index in [1.54, 1.807) is 0 Å². The molecule has 0 aromatic rings. The summed E-state index contributed by atoms with van der Waals surface area (Å²) in [6, 6.07) is -0.00236. The lowest BCUT2D eigenvalue weighted by Gasteiger charge is -2.21. The highest BCUT2D eigenvalue weighted by Gasteiger charge is 2.15. The van der Waals surface area contributed by atoms with Crippen LogP contribution in [0.1, 0.15) is 13.8 Å². The molecule has 0 aromatic heterocycles. The van der Waals surface area contributed by atoms with E-state index in [0.29, 0.717) is 0 Å². The molecule has 0 bridgehead atoms. The molecule has 0 saturated heterocycles. The summed E-state index contributed by atoms with van der Waals surface area (Å²) < 4.78 is 4.43. The van der Waals surface area contributed by atoms with Crippen LogP contribution in [-0.4, -0.2) is 31.4 Å². The Morgan fingerprint density at radius 2 is 1.90 bits per heavy atom. The van der Waals surface area contributed by atoms with E-state index in [-0.39, 0.29) is 6.04 Å². The summed E-state index contributed by atoms with van der Waals surface area (Å²) in [5.74, 6) is 0. The van der Waals surface area contributed by atoms with Gasteiger partial charge in [-0.25, -0.2) is 4.79 Å². The number of methoxy groups -OCH3 is 1. The number of ether oxygens (including phenoxy) is 1. The van der Waals surface area contributed by atoms with E-state index in [2.05, 4.69) is 4.74 Å². The number of carbonyl (C=O) groups excluding carboxylic acids is 1. The average molecular weight is 147 g/mol. The molecule has 10 heavy (non-hydrogen) atoms. The number of amides is 1. The van der Waals surface area contributed by atoms with Crippen LogP contribution in [0.2, 0.25) is 0 Å². The van der Waals surface area contributed by atoms with Crippen LogP contribution in [0.4, 0.5) is 4.79 Å². The number of rotatable bonds is 2.